The smallest absolute Gasteiger partial charge is 0.248 e. The van der Waals surface area contributed by atoms with Crippen molar-refractivity contribution in [1.29, 1.82) is 0 Å². The van der Waals surface area contributed by atoms with Gasteiger partial charge < -0.3 is 9.64 Å². The predicted molar refractivity (Wildman–Crippen MR) is 120 cm³/mol. The van der Waals surface area contributed by atoms with Crippen molar-refractivity contribution in [3.05, 3.63) is 66.0 Å². The second kappa shape index (κ2) is 7.99. The van der Waals surface area contributed by atoms with E-state index in [-0.39, 0.29) is 5.16 Å². The number of hydrogen-bond donors (Lipinski definition) is 0. The Morgan fingerprint density at radius 3 is 2.52 bits per heavy atom. The van der Waals surface area contributed by atoms with E-state index >= 15 is 0 Å². The lowest BCUT2D eigenvalue weighted by molar-refractivity contribution is 0.414. The highest BCUT2D eigenvalue weighted by Gasteiger charge is 2.18. The first-order chi connectivity index (χ1) is 14.8. The molecule has 0 unspecified atom stereocenters. The van der Waals surface area contributed by atoms with E-state index in [2.05, 4.69) is 9.97 Å². The Kier molecular flexibility index (Phi) is 5.36. The number of anilines is 2. The van der Waals surface area contributed by atoms with Crippen molar-refractivity contribution in [2.75, 3.05) is 25.3 Å². The molecule has 160 valence electrons. The molecule has 0 fully saturated rings. The Hall–Kier alpha value is -3.46. The van der Waals surface area contributed by atoms with Gasteiger partial charge in [-0.25, -0.2) is 18.4 Å². The molecule has 0 atom stereocenters. The Bertz CT molecular complexity index is 1350. The van der Waals surface area contributed by atoms with Gasteiger partial charge in [-0.15, -0.1) is 0 Å². The largest absolute Gasteiger partial charge is 0.497 e. The van der Waals surface area contributed by atoms with E-state index < -0.39 is 9.84 Å². The van der Waals surface area contributed by atoms with E-state index in [1.807, 2.05) is 66.0 Å². The van der Waals surface area contributed by atoms with Gasteiger partial charge in [0.1, 0.15) is 11.6 Å². The molecule has 0 spiro atoms. The normalized spacial score (nSPS) is 11.6. The third-order valence-electron chi connectivity index (χ3n) is 5.08. The van der Waals surface area contributed by atoms with Crippen molar-refractivity contribution < 1.29 is 13.2 Å². The number of aryl methyl sites for hydroxylation is 1. The second-order valence-corrected chi connectivity index (χ2v) is 9.20. The van der Waals surface area contributed by atoms with E-state index in [9.17, 15) is 8.42 Å². The summed E-state index contributed by atoms with van der Waals surface area (Å²) < 4.78 is 30.9. The van der Waals surface area contributed by atoms with Crippen LogP contribution in [0.2, 0.25) is 0 Å². The van der Waals surface area contributed by atoms with Gasteiger partial charge in [-0.3, -0.25) is 4.68 Å². The number of fused-ring (bicyclic) bond motifs is 1. The first kappa shape index (κ1) is 20.8. The summed E-state index contributed by atoms with van der Waals surface area (Å²) in [6.45, 7) is 2.58. The predicted octanol–water partition coefficient (Wildman–Crippen LogP) is 3.36. The minimum Gasteiger partial charge on any atom is -0.497 e. The molecule has 0 radical (unpaired) electrons. The molecular weight excluding hydrogens is 414 g/mol. The first-order valence-electron chi connectivity index (χ1n) is 9.64. The van der Waals surface area contributed by atoms with Crippen LogP contribution in [0, 0.1) is 6.92 Å². The summed E-state index contributed by atoms with van der Waals surface area (Å²) in [6, 6.07) is 15.5. The van der Waals surface area contributed by atoms with Crippen molar-refractivity contribution in [2.45, 2.75) is 18.6 Å². The topological polar surface area (TPSA) is 90.2 Å². The van der Waals surface area contributed by atoms with Gasteiger partial charge in [0, 0.05) is 24.9 Å². The number of methoxy groups -OCH3 is 1. The molecular formula is C22H23N5O3S. The van der Waals surface area contributed by atoms with E-state index in [4.69, 9.17) is 9.84 Å². The van der Waals surface area contributed by atoms with Crippen LogP contribution >= 0.6 is 0 Å². The molecule has 4 aromatic rings. The molecule has 0 bridgehead atoms. The third-order valence-corrected chi connectivity index (χ3v) is 5.94. The molecule has 0 saturated carbocycles. The molecule has 0 saturated heterocycles. The van der Waals surface area contributed by atoms with E-state index in [0.29, 0.717) is 12.4 Å². The molecule has 8 nitrogen and oxygen atoms in total. The fourth-order valence-corrected chi connectivity index (χ4v) is 4.04. The molecule has 31 heavy (non-hydrogen) atoms. The monoisotopic (exact) mass is 437 g/mol. The van der Waals surface area contributed by atoms with Gasteiger partial charge in [0.15, 0.2) is 0 Å². The van der Waals surface area contributed by atoms with Crippen molar-refractivity contribution in [3.63, 3.8) is 0 Å². The van der Waals surface area contributed by atoms with Crippen molar-refractivity contribution >= 4 is 32.2 Å². The fourth-order valence-electron chi connectivity index (χ4n) is 3.52. The van der Waals surface area contributed by atoms with Crippen LogP contribution in [-0.2, 0) is 16.4 Å². The Morgan fingerprint density at radius 2 is 1.84 bits per heavy atom. The summed E-state index contributed by atoms with van der Waals surface area (Å²) in [6.07, 6.45) is 2.55. The lowest BCUT2D eigenvalue weighted by Gasteiger charge is -2.20. The van der Waals surface area contributed by atoms with Crippen LogP contribution in [0.4, 0.5) is 11.5 Å². The number of rotatable bonds is 6. The van der Waals surface area contributed by atoms with Crippen LogP contribution in [0.15, 0.2) is 59.9 Å². The van der Waals surface area contributed by atoms with Crippen molar-refractivity contribution in [3.8, 4) is 5.75 Å². The maximum atomic E-state index is 11.9. The van der Waals surface area contributed by atoms with E-state index in [1.165, 1.54) is 6.20 Å². The van der Waals surface area contributed by atoms with Gasteiger partial charge >= 0.3 is 0 Å². The zero-order chi connectivity index (χ0) is 22.2. The quantitative estimate of drug-likeness (QED) is 0.427. The maximum absolute atomic E-state index is 11.9. The Morgan fingerprint density at radius 1 is 1.10 bits per heavy atom. The van der Waals surface area contributed by atoms with Gasteiger partial charge in [0.2, 0.25) is 15.0 Å². The van der Waals surface area contributed by atoms with Crippen molar-refractivity contribution in [1.82, 2.24) is 19.7 Å². The van der Waals surface area contributed by atoms with Gasteiger partial charge in [-0.05, 0) is 42.8 Å². The zero-order valence-corrected chi connectivity index (χ0v) is 18.6. The van der Waals surface area contributed by atoms with Gasteiger partial charge in [-0.1, -0.05) is 18.2 Å². The van der Waals surface area contributed by atoms with Crippen LogP contribution in [0.3, 0.4) is 0 Å². The molecule has 9 heteroatoms. The summed E-state index contributed by atoms with van der Waals surface area (Å²) >= 11 is 0. The highest BCUT2D eigenvalue weighted by atomic mass is 32.2. The highest BCUT2D eigenvalue weighted by Crippen LogP contribution is 2.33. The molecule has 0 N–H and O–H groups in total. The second-order valence-electron chi connectivity index (χ2n) is 7.29. The summed E-state index contributed by atoms with van der Waals surface area (Å²) in [5, 5.41) is 5.54. The standard InChI is InChI=1S/C22H23N5O3S/c1-15-21-18(26(2)20-12-13-23-22(24-20)31(4,28)29)6-5-7-19(21)27(25-15)14-16-8-10-17(30-3)11-9-16/h5-13H,14H2,1-4H3. The molecule has 0 aliphatic carbocycles. The van der Waals surface area contributed by atoms with Gasteiger partial charge in [-0.2, -0.15) is 5.10 Å². The SMILES string of the molecule is COc1ccc(Cn2nc(C)c3c(N(C)c4ccnc(S(C)(=O)=O)n4)cccc32)cc1. The number of ether oxygens (including phenoxy) is 1. The minimum atomic E-state index is -3.50. The van der Waals surface area contributed by atoms with Crippen LogP contribution < -0.4 is 9.64 Å². The lowest BCUT2D eigenvalue weighted by Crippen LogP contribution is -2.14. The molecule has 0 amide bonds. The maximum Gasteiger partial charge on any atom is 0.248 e. The lowest BCUT2D eigenvalue weighted by atomic mass is 10.1. The summed E-state index contributed by atoms with van der Waals surface area (Å²) in [7, 11) is -0.00415. The summed E-state index contributed by atoms with van der Waals surface area (Å²) in [5.41, 5.74) is 3.85. The van der Waals surface area contributed by atoms with Gasteiger partial charge in [0.25, 0.3) is 0 Å². The average Bonchev–Trinajstić information content (AvgIpc) is 3.09. The first-order valence-corrected chi connectivity index (χ1v) is 11.5. The molecule has 2 aromatic heterocycles. The molecule has 2 heterocycles. The Labute approximate surface area is 181 Å². The van der Waals surface area contributed by atoms with Crippen LogP contribution in [-0.4, -0.2) is 48.6 Å². The zero-order valence-electron chi connectivity index (χ0n) is 17.8. The van der Waals surface area contributed by atoms with E-state index in [0.717, 1.165) is 39.9 Å². The molecule has 4 rings (SSSR count). The van der Waals surface area contributed by atoms with Gasteiger partial charge in [0.05, 0.1) is 30.6 Å². The minimum absolute atomic E-state index is 0.198. The van der Waals surface area contributed by atoms with E-state index in [1.54, 1.807) is 13.2 Å². The number of aromatic nitrogens is 4. The number of hydrogen-bond acceptors (Lipinski definition) is 7. The Balaban J connectivity index is 1.74. The number of benzene rings is 2. The van der Waals surface area contributed by atoms with Crippen LogP contribution in [0.1, 0.15) is 11.3 Å². The number of sulfone groups is 1. The molecule has 0 aliphatic heterocycles. The third kappa shape index (κ3) is 4.09. The molecule has 2 aromatic carbocycles. The average molecular weight is 438 g/mol. The summed E-state index contributed by atoms with van der Waals surface area (Å²) in [4.78, 5) is 9.97. The van der Waals surface area contributed by atoms with Crippen LogP contribution in [0.5, 0.6) is 5.75 Å². The highest BCUT2D eigenvalue weighted by molar-refractivity contribution is 7.90. The van der Waals surface area contributed by atoms with Crippen LogP contribution in [0.25, 0.3) is 10.9 Å². The molecule has 0 aliphatic rings. The fraction of sp³-hybridized carbons (Fsp3) is 0.227. The number of nitrogens with zero attached hydrogens (tertiary/aromatic N) is 5. The summed E-state index contributed by atoms with van der Waals surface area (Å²) in [5.74, 6) is 1.30. The van der Waals surface area contributed by atoms with Crippen molar-refractivity contribution in [2.24, 2.45) is 0 Å².